The van der Waals surface area contributed by atoms with Gasteiger partial charge in [-0.25, -0.2) is 14.8 Å². The average Bonchev–Trinajstić information content (AvgIpc) is 2.90. The van der Waals surface area contributed by atoms with Crippen LogP contribution in [0.2, 0.25) is 0 Å². The SMILES string of the molecule is CCOC(=O)c1nc(C)nc2sc(C3CCC(C)(C)CC3)cc12. The Morgan fingerprint density at radius 3 is 2.70 bits per heavy atom. The molecule has 0 radical (unpaired) electrons. The lowest BCUT2D eigenvalue weighted by Gasteiger charge is -2.33. The standard InChI is InChI=1S/C18H24N2O2S/c1-5-22-17(21)15-13-10-14(23-16(13)20-11(2)19-15)12-6-8-18(3,4)9-7-12/h10,12H,5-9H2,1-4H3. The molecule has 1 aliphatic rings. The second-order valence-corrected chi connectivity index (χ2v) is 8.21. The van der Waals surface area contributed by atoms with E-state index in [1.165, 1.54) is 30.6 Å². The van der Waals surface area contributed by atoms with Crippen LogP contribution >= 0.6 is 11.3 Å². The van der Waals surface area contributed by atoms with E-state index in [2.05, 4.69) is 29.9 Å². The highest BCUT2D eigenvalue weighted by Crippen LogP contribution is 2.45. The molecule has 0 aliphatic heterocycles. The third kappa shape index (κ3) is 3.39. The van der Waals surface area contributed by atoms with Crippen LogP contribution in [0.1, 0.15) is 73.6 Å². The molecule has 1 saturated carbocycles. The summed E-state index contributed by atoms with van der Waals surface area (Å²) in [6.07, 6.45) is 4.92. The van der Waals surface area contributed by atoms with Crippen molar-refractivity contribution in [3.05, 3.63) is 22.5 Å². The topological polar surface area (TPSA) is 52.1 Å². The fraction of sp³-hybridized carbons (Fsp3) is 0.611. The number of ether oxygens (including phenoxy) is 1. The molecule has 0 unspecified atom stereocenters. The van der Waals surface area contributed by atoms with E-state index in [0.717, 1.165) is 10.2 Å². The summed E-state index contributed by atoms with van der Waals surface area (Å²) in [4.78, 5) is 23.3. The van der Waals surface area contributed by atoms with Gasteiger partial charge >= 0.3 is 5.97 Å². The Balaban J connectivity index is 1.95. The summed E-state index contributed by atoms with van der Waals surface area (Å²) in [6.45, 7) is 8.69. The molecule has 0 amide bonds. The second kappa shape index (κ2) is 6.19. The van der Waals surface area contributed by atoms with Gasteiger partial charge in [0, 0.05) is 10.3 Å². The molecule has 0 atom stereocenters. The van der Waals surface area contributed by atoms with E-state index in [9.17, 15) is 4.79 Å². The zero-order chi connectivity index (χ0) is 16.6. The molecule has 1 aliphatic carbocycles. The Bertz CT molecular complexity index is 726. The Morgan fingerprint density at radius 2 is 2.04 bits per heavy atom. The summed E-state index contributed by atoms with van der Waals surface area (Å²) in [7, 11) is 0. The number of fused-ring (bicyclic) bond motifs is 1. The van der Waals surface area contributed by atoms with Crippen LogP contribution in [0.15, 0.2) is 6.07 Å². The smallest absolute Gasteiger partial charge is 0.357 e. The Kier molecular flexibility index (Phi) is 4.41. The van der Waals surface area contributed by atoms with Crippen LogP contribution in [0.3, 0.4) is 0 Å². The molecule has 2 aromatic rings. The number of esters is 1. The lowest BCUT2D eigenvalue weighted by atomic mass is 9.73. The van der Waals surface area contributed by atoms with Crippen LogP contribution in [0, 0.1) is 12.3 Å². The second-order valence-electron chi connectivity index (χ2n) is 7.15. The number of carbonyl (C=O) groups is 1. The van der Waals surface area contributed by atoms with Gasteiger partial charge in [-0.2, -0.15) is 0 Å². The first kappa shape index (κ1) is 16.4. The van der Waals surface area contributed by atoms with Crippen molar-refractivity contribution >= 4 is 27.5 Å². The normalized spacial score (nSPS) is 18.3. The van der Waals surface area contributed by atoms with Crippen LogP contribution in [0.4, 0.5) is 0 Å². The highest BCUT2D eigenvalue weighted by molar-refractivity contribution is 7.18. The minimum Gasteiger partial charge on any atom is -0.461 e. The van der Waals surface area contributed by atoms with Crippen LogP contribution in [0.5, 0.6) is 0 Å². The summed E-state index contributed by atoms with van der Waals surface area (Å²) in [5.74, 6) is 0.855. The Hall–Kier alpha value is -1.49. The minimum absolute atomic E-state index is 0.350. The van der Waals surface area contributed by atoms with Crippen molar-refractivity contribution in [2.24, 2.45) is 5.41 Å². The number of nitrogens with zero attached hydrogens (tertiary/aromatic N) is 2. The minimum atomic E-state index is -0.350. The Labute approximate surface area is 141 Å². The van der Waals surface area contributed by atoms with Gasteiger partial charge in [0.2, 0.25) is 0 Å². The molecule has 5 heteroatoms. The molecular formula is C18H24N2O2S. The number of carbonyl (C=O) groups excluding carboxylic acids is 1. The number of aryl methyl sites for hydroxylation is 1. The first-order valence-corrected chi connectivity index (χ1v) is 9.16. The lowest BCUT2D eigenvalue weighted by Crippen LogP contribution is -2.19. The predicted octanol–water partition coefficient (Wildman–Crippen LogP) is 4.86. The first-order valence-electron chi connectivity index (χ1n) is 8.35. The van der Waals surface area contributed by atoms with Crippen molar-refractivity contribution < 1.29 is 9.53 Å². The van der Waals surface area contributed by atoms with E-state index in [4.69, 9.17) is 4.74 Å². The fourth-order valence-electron chi connectivity index (χ4n) is 3.29. The van der Waals surface area contributed by atoms with Crippen LogP contribution in [0.25, 0.3) is 10.2 Å². The maximum absolute atomic E-state index is 12.2. The number of thiophene rings is 1. The summed E-state index contributed by atoms with van der Waals surface area (Å²) < 4.78 is 5.15. The summed E-state index contributed by atoms with van der Waals surface area (Å²) >= 11 is 1.71. The molecule has 23 heavy (non-hydrogen) atoms. The van der Waals surface area contributed by atoms with Gasteiger partial charge in [-0.1, -0.05) is 13.8 Å². The zero-order valence-electron chi connectivity index (χ0n) is 14.3. The van der Waals surface area contributed by atoms with Crippen molar-refractivity contribution in [1.82, 2.24) is 9.97 Å². The van der Waals surface area contributed by atoms with Crippen molar-refractivity contribution in [1.29, 1.82) is 0 Å². The molecule has 4 nitrogen and oxygen atoms in total. The Morgan fingerprint density at radius 1 is 1.35 bits per heavy atom. The third-order valence-electron chi connectivity index (χ3n) is 4.73. The van der Waals surface area contributed by atoms with E-state index in [1.807, 2.05) is 13.8 Å². The molecule has 0 aromatic carbocycles. The molecule has 0 N–H and O–H groups in total. The van der Waals surface area contributed by atoms with Gasteiger partial charge in [0.15, 0.2) is 5.69 Å². The predicted molar refractivity (Wildman–Crippen MR) is 93.1 cm³/mol. The van der Waals surface area contributed by atoms with Crippen molar-refractivity contribution in [2.75, 3.05) is 6.61 Å². The number of aromatic nitrogens is 2. The molecule has 1 fully saturated rings. The fourth-order valence-corrected chi connectivity index (χ4v) is 4.53. The summed E-state index contributed by atoms with van der Waals surface area (Å²) in [5, 5.41) is 0.846. The zero-order valence-corrected chi connectivity index (χ0v) is 15.1. The van der Waals surface area contributed by atoms with Crippen LogP contribution < -0.4 is 0 Å². The van der Waals surface area contributed by atoms with Crippen molar-refractivity contribution in [3.8, 4) is 0 Å². The lowest BCUT2D eigenvalue weighted by molar-refractivity contribution is 0.0521. The van der Waals surface area contributed by atoms with Crippen molar-refractivity contribution in [2.45, 2.75) is 59.3 Å². The van der Waals surface area contributed by atoms with E-state index >= 15 is 0 Å². The van der Waals surface area contributed by atoms with Gasteiger partial charge in [-0.05, 0) is 56.9 Å². The summed E-state index contributed by atoms with van der Waals surface area (Å²) in [5.41, 5.74) is 0.868. The first-order chi connectivity index (χ1) is 10.9. The van der Waals surface area contributed by atoms with E-state index in [0.29, 0.717) is 29.5 Å². The molecule has 124 valence electrons. The van der Waals surface area contributed by atoms with Gasteiger partial charge in [-0.3, -0.25) is 0 Å². The molecular weight excluding hydrogens is 308 g/mol. The van der Waals surface area contributed by atoms with E-state index in [-0.39, 0.29) is 5.97 Å². The number of hydrogen-bond donors (Lipinski definition) is 0. The van der Waals surface area contributed by atoms with E-state index < -0.39 is 0 Å². The monoisotopic (exact) mass is 332 g/mol. The van der Waals surface area contributed by atoms with Crippen molar-refractivity contribution in [3.63, 3.8) is 0 Å². The van der Waals surface area contributed by atoms with Gasteiger partial charge < -0.3 is 4.74 Å². The highest BCUT2D eigenvalue weighted by atomic mass is 32.1. The van der Waals surface area contributed by atoms with Gasteiger partial charge in [0.05, 0.1) is 6.61 Å². The average molecular weight is 332 g/mol. The molecule has 3 rings (SSSR count). The third-order valence-corrected chi connectivity index (χ3v) is 5.93. The van der Waals surface area contributed by atoms with Gasteiger partial charge in [0.25, 0.3) is 0 Å². The molecule has 0 bridgehead atoms. The molecule has 0 saturated heterocycles. The van der Waals surface area contributed by atoms with E-state index in [1.54, 1.807) is 11.3 Å². The molecule has 0 spiro atoms. The quantitative estimate of drug-likeness (QED) is 0.753. The summed E-state index contributed by atoms with van der Waals surface area (Å²) in [6, 6.07) is 2.12. The molecule has 2 heterocycles. The number of hydrogen-bond acceptors (Lipinski definition) is 5. The van der Waals surface area contributed by atoms with Crippen LogP contribution in [-0.2, 0) is 4.74 Å². The maximum atomic E-state index is 12.2. The number of rotatable bonds is 3. The largest absolute Gasteiger partial charge is 0.461 e. The van der Waals surface area contributed by atoms with Crippen LogP contribution in [-0.4, -0.2) is 22.5 Å². The maximum Gasteiger partial charge on any atom is 0.357 e. The highest BCUT2D eigenvalue weighted by Gasteiger charge is 2.29. The van der Waals surface area contributed by atoms with Gasteiger partial charge in [-0.15, -0.1) is 11.3 Å². The molecule has 2 aromatic heterocycles. The van der Waals surface area contributed by atoms with Gasteiger partial charge in [0.1, 0.15) is 10.7 Å².